The van der Waals surface area contributed by atoms with Crippen LogP contribution in [0.15, 0.2) is 0 Å². The van der Waals surface area contributed by atoms with E-state index in [0.717, 1.165) is 45.2 Å². The Labute approximate surface area is 134 Å². The van der Waals surface area contributed by atoms with E-state index in [0.29, 0.717) is 16.8 Å². The molecule has 3 nitrogen and oxygen atoms in total. The second-order valence-corrected chi connectivity index (χ2v) is 8.24. The van der Waals surface area contributed by atoms with Gasteiger partial charge >= 0.3 is 0 Å². The standard InChI is InChI=1S/C17H30N2OS/c1-13(2)12-17(6-4-5-7-17)15(20)19-10-8-16(3,9-11-19)14(18)21/h13H,4-12H2,1-3H3,(H2,18,21). The zero-order chi connectivity index (χ0) is 15.7. The molecular formula is C17H30N2OS. The Morgan fingerprint density at radius 3 is 2.14 bits per heavy atom. The molecule has 1 aliphatic carbocycles. The Morgan fingerprint density at radius 2 is 1.71 bits per heavy atom. The van der Waals surface area contributed by atoms with Crippen molar-refractivity contribution >= 4 is 23.1 Å². The molecule has 2 fully saturated rings. The van der Waals surface area contributed by atoms with Crippen molar-refractivity contribution in [2.24, 2.45) is 22.5 Å². The van der Waals surface area contributed by atoms with Crippen molar-refractivity contribution in [3.05, 3.63) is 0 Å². The smallest absolute Gasteiger partial charge is 0.228 e. The minimum atomic E-state index is -0.0782. The van der Waals surface area contributed by atoms with Crippen molar-refractivity contribution in [3.63, 3.8) is 0 Å². The molecule has 0 aromatic heterocycles. The van der Waals surface area contributed by atoms with Gasteiger partial charge in [-0.05, 0) is 38.0 Å². The van der Waals surface area contributed by atoms with Crippen molar-refractivity contribution in [1.82, 2.24) is 4.90 Å². The van der Waals surface area contributed by atoms with E-state index in [-0.39, 0.29) is 10.8 Å². The van der Waals surface area contributed by atoms with Gasteiger partial charge in [0.1, 0.15) is 0 Å². The Balaban J connectivity index is 2.05. The normalized spacial score (nSPS) is 24.3. The lowest BCUT2D eigenvalue weighted by atomic mass is 9.75. The van der Waals surface area contributed by atoms with Gasteiger partial charge in [0.25, 0.3) is 0 Å². The van der Waals surface area contributed by atoms with E-state index in [1.54, 1.807) is 0 Å². The first-order valence-electron chi connectivity index (χ1n) is 8.38. The number of nitrogens with two attached hydrogens (primary N) is 1. The zero-order valence-corrected chi connectivity index (χ0v) is 14.6. The maximum atomic E-state index is 13.1. The summed E-state index contributed by atoms with van der Waals surface area (Å²) in [6.45, 7) is 8.22. The van der Waals surface area contributed by atoms with Crippen molar-refractivity contribution in [2.45, 2.75) is 65.7 Å². The predicted octanol–water partition coefficient (Wildman–Crippen LogP) is 3.51. The summed E-state index contributed by atoms with van der Waals surface area (Å²) in [6, 6.07) is 0. The maximum absolute atomic E-state index is 13.1. The first-order valence-corrected chi connectivity index (χ1v) is 8.79. The van der Waals surface area contributed by atoms with E-state index in [2.05, 4.69) is 25.7 Å². The van der Waals surface area contributed by atoms with Crippen molar-refractivity contribution in [2.75, 3.05) is 13.1 Å². The second-order valence-electron chi connectivity index (χ2n) is 7.80. The quantitative estimate of drug-likeness (QED) is 0.808. The first kappa shape index (κ1) is 16.7. The Bertz CT molecular complexity index is 405. The molecular weight excluding hydrogens is 280 g/mol. The molecule has 0 bridgehead atoms. The largest absolute Gasteiger partial charge is 0.393 e. The number of hydrogen-bond donors (Lipinski definition) is 1. The lowest BCUT2D eigenvalue weighted by Gasteiger charge is -2.42. The summed E-state index contributed by atoms with van der Waals surface area (Å²) in [4.78, 5) is 15.8. The van der Waals surface area contributed by atoms with Crippen molar-refractivity contribution in [3.8, 4) is 0 Å². The van der Waals surface area contributed by atoms with Crippen LogP contribution in [0.1, 0.15) is 65.7 Å². The second kappa shape index (κ2) is 6.23. The molecule has 2 N–H and O–H groups in total. The average Bonchev–Trinajstić information content (AvgIpc) is 2.87. The fourth-order valence-electron chi connectivity index (χ4n) is 4.12. The van der Waals surface area contributed by atoms with E-state index >= 15 is 0 Å². The van der Waals surface area contributed by atoms with Crippen LogP contribution in [-0.2, 0) is 4.79 Å². The zero-order valence-electron chi connectivity index (χ0n) is 13.8. The van der Waals surface area contributed by atoms with Crippen LogP contribution in [0.4, 0.5) is 0 Å². The molecule has 0 radical (unpaired) electrons. The number of hydrogen-bond acceptors (Lipinski definition) is 2. The van der Waals surface area contributed by atoms with Gasteiger partial charge in [-0.15, -0.1) is 0 Å². The van der Waals surface area contributed by atoms with Crippen LogP contribution in [0.25, 0.3) is 0 Å². The van der Waals surface area contributed by atoms with Crippen LogP contribution in [0, 0.1) is 16.7 Å². The summed E-state index contributed by atoms with van der Waals surface area (Å²) in [5.41, 5.74) is 5.72. The molecule has 0 aromatic rings. The number of thiocarbonyl (C=S) groups is 1. The van der Waals surface area contributed by atoms with Crippen molar-refractivity contribution in [1.29, 1.82) is 0 Å². The molecule has 1 heterocycles. The molecule has 0 unspecified atom stereocenters. The Morgan fingerprint density at radius 1 is 1.19 bits per heavy atom. The molecule has 1 saturated heterocycles. The number of piperidine rings is 1. The summed E-state index contributed by atoms with van der Waals surface area (Å²) in [6.07, 6.45) is 7.42. The molecule has 2 aliphatic rings. The highest BCUT2D eigenvalue weighted by Crippen LogP contribution is 2.45. The Kier molecular flexibility index (Phi) is 4.96. The van der Waals surface area contributed by atoms with E-state index in [1.165, 1.54) is 12.8 Å². The summed E-state index contributed by atoms with van der Waals surface area (Å²) >= 11 is 5.19. The van der Waals surface area contributed by atoms with E-state index in [1.807, 2.05) is 0 Å². The molecule has 21 heavy (non-hydrogen) atoms. The first-order chi connectivity index (χ1) is 9.79. The van der Waals surface area contributed by atoms with Gasteiger partial charge in [0.05, 0.1) is 4.99 Å². The van der Waals surface area contributed by atoms with E-state index in [4.69, 9.17) is 18.0 Å². The highest BCUT2D eigenvalue weighted by molar-refractivity contribution is 7.80. The molecule has 1 aliphatic heterocycles. The molecule has 1 saturated carbocycles. The van der Waals surface area contributed by atoms with E-state index < -0.39 is 0 Å². The highest BCUT2D eigenvalue weighted by atomic mass is 32.1. The maximum Gasteiger partial charge on any atom is 0.228 e. The fourth-order valence-corrected chi connectivity index (χ4v) is 4.33. The summed E-state index contributed by atoms with van der Waals surface area (Å²) in [5, 5.41) is 0. The summed E-state index contributed by atoms with van der Waals surface area (Å²) < 4.78 is 0. The third-order valence-corrected chi connectivity index (χ3v) is 6.06. The Hall–Kier alpha value is -0.640. The van der Waals surface area contributed by atoms with Crippen LogP contribution in [0.2, 0.25) is 0 Å². The van der Waals surface area contributed by atoms with Gasteiger partial charge in [-0.1, -0.05) is 45.8 Å². The minimum Gasteiger partial charge on any atom is -0.393 e. The van der Waals surface area contributed by atoms with Gasteiger partial charge in [0.15, 0.2) is 0 Å². The number of rotatable bonds is 4. The van der Waals surface area contributed by atoms with Crippen LogP contribution >= 0.6 is 12.2 Å². The monoisotopic (exact) mass is 310 g/mol. The SMILES string of the molecule is CC(C)CC1(C(=O)N2CCC(C)(C(N)=S)CC2)CCCC1. The summed E-state index contributed by atoms with van der Waals surface area (Å²) in [7, 11) is 0. The highest BCUT2D eigenvalue weighted by Gasteiger charge is 2.45. The minimum absolute atomic E-state index is 0.0625. The molecule has 0 aromatic carbocycles. The number of carbonyl (C=O) groups is 1. The van der Waals surface area contributed by atoms with Gasteiger partial charge in [0, 0.05) is 23.9 Å². The van der Waals surface area contributed by atoms with Gasteiger partial charge in [-0.3, -0.25) is 4.79 Å². The molecule has 0 spiro atoms. The van der Waals surface area contributed by atoms with Gasteiger partial charge < -0.3 is 10.6 Å². The summed E-state index contributed by atoms with van der Waals surface area (Å²) in [5.74, 6) is 0.984. The fraction of sp³-hybridized carbons (Fsp3) is 0.882. The van der Waals surface area contributed by atoms with Crippen LogP contribution in [-0.4, -0.2) is 28.9 Å². The molecule has 4 heteroatoms. The molecule has 2 rings (SSSR count). The van der Waals surface area contributed by atoms with Crippen molar-refractivity contribution < 1.29 is 4.79 Å². The number of carbonyl (C=O) groups excluding carboxylic acids is 1. The third-order valence-electron chi connectivity index (χ3n) is 5.56. The molecule has 120 valence electrons. The van der Waals surface area contributed by atoms with Crippen LogP contribution in [0.3, 0.4) is 0 Å². The van der Waals surface area contributed by atoms with Gasteiger partial charge in [0.2, 0.25) is 5.91 Å². The average molecular weight is 311 g/mol. The lowest BCUT2D eigenvalue weighted by Crippen LogP contribution is -2.51. The molecule has 0 atom stereocenters. The number of nitrogens with zero attached hydrogens (tertiary/aromatic N) is 1. The number of likely N-dealkylation sites (tertiary alicyclic amines) is 1. The third kappa shape index (κ3) is 3.41. The number of amides is 1. The van der Waals surface area contributed by atoms with E-state index in [9.17, 15) is 4.79 Å². The molecule has 1 amide bonds. The van der Waals surface area contributed by atoms with Gasteiger partial charge in [-0.25, -0.2) is 0 Å². The van der Waals surface area contributed by atoms with Crippen LogP contribution in [0.5, 0.6) is 0 Å². The van der Waals surface area contributed by atoms with Crippen LogP contribution < -0.4 is 5.73 Å². The lowest BCUT2D eigenvalue weighted by molar-refractivity contribution is -0.144. The predicted molar refractivity (Wildman–Crippen MR) is 91.1 cm³/mol. The van der Waals surface area contributed by atoms with Gasteiger partial charge in [-0.2, -0.15) is 0 Å². The topological polar surface area (TPSA) is 46.3 Å².